The minimum Gasteiger partial charge on any atom is -0.451 e. The zero-order valence-corrected chi connectivity index (χ0v) is 16.9. The maximum Gasteiger partial charge on any atom is 0.359 e. The third kappa shape index (κ3) is 4.83. The molecule has 0 saturated heterocycles. The number of hydrogen-bond acceptors (Lipinski definition) is 8. The molecule has 3 rings (SSSR count). The van der Waals surface area contributed by atoms with E-state index in [1.807, 2.05) is 6.07 Å². The summed E-state index contributed by atoms with van der Waals surface area (Å²) in [5.74, 6) is -1.76. The normalized spacial score (nSPS) is 10.5. The molecule has 3 aromatic rings. The van der Waals surface area contributed by atoms with Crippen molar-refractivity contribution in [2.75, 3.05) is 24.3 Å². The highest BCUT2D eigenvalue weighted by molar-refractivity contribution is 5.97. The molecule has 0 aliphatic rings. The molecule has 0 bridgehead atoms. The Hall–Kier alpha value is -4.28. The fourth-order valence-electron chi connectivity index (χ4n) is 2.75. The number of likely N-dealkylation sites (N-methyl/N-ethyl adjacent to an activating group) is 1. The lowest BCUT2D eigenvalue weighted by Crippen LogP contribution is -2.40. The first kappa shape index (κ1) is 21.4. The van der Waals surface area contributed by atoms with Crippen LogP contribution in [0.25, 0.3) is 0 Å². The van der Waals surface area contributed by atoms with Gasteiger partial charge in [-0.15, -0.1) is 0 Å². The van der Waals surface area contributed by atoms with E-state index in [0.29, 0.717) is 5.69 Å². The van der Waals surface area contributed by atoms with E-state index in [1.165, 1.54) is 19.4 Å². The highest BCUT2D eigenvalue weighted by Crippen LogP contribution is 2.16. The Labute approximate surface area is 176 Å². The minimum absolute atomic E-state index is 0.0603. The van der Waals surface area contributed by atoms with Crippen LogP contribution in [0, 0.1) is 6.92 Å². The molecule has 3 N–H and O–H groups in total. The van der Waals surface area contributed by atoms with Crippen LogP contribution in [0.3, 0.4) is 0 Å². The molecule has 0 unspecified atom stereocenters. The van der Waals surface area contributed by atoms with Gasteiger partial charge in [0.05, 0.1) is 18.4 Å². The highest BCUT2D eigenvalue weighted by atomic mass is 16.5. The van der Waals surface area contributed by atoms with Gasteiger partial charge in [0, 0.05) is 13.2 Å². The number of aromatic nitrogens is 4. The molecule has 2 aromatic heterocycles. The minimum atomic E-state index is -0.842. The van der Waals surface area contributed by atoms with Crippen LogP contribution in [0.4, 0.5) is 11.5 Å². The monoisotopic (exact) mass is 424 g/mol. The van der Waals surface area contributed by atoms with E-state index in [1.54, 1.807) is 31.2 Å². The molecule has 0 aliphatic carbocycles. The van der Waals surface area contributed by atoms with E-state index >= 15 is 0 Å². The fourth-order valence-corrected chi connectivity index (χ4v) is 2.75. The number of H-pyrrole nitrogens is 1. The number of amides is 1. The lowest BCUT2D eigenvalue weighted by atomic mass is 10.2. The van der Waals surface area contributed by atoms with Gasteiger partial charge in [-0.2, -0.15) is 0 Å². The molecule has 160 valence electrons. The standard InChI is InChI=1S/C20H20N6O5/c1-12-8-23-14(9-22-12)19(29)31-11-15(27)25(2)16-17(21)26(20(30)24-18(16)28)10-13-6-4-3-5-7-13/h3-9H,10-11,21H2,1-2H3,(H,24,28,30). The number of nitrogen functional groups attached to an aromatic ring is 1. The number of nitrogens with zero attached hydrogens (tertiary/aromatic N) is 4. The summed E-state index contributed by atoms with van der Waals surface area (Å²) in [7, 11) is 1.29. The molecule has 11 heteroatoms. The van der Waals surface area contributed by atoms with Crippen molar-refractivity contribution in [1.82, 2.24) is 19.5 Å². The Morgan fingerprint density at radius 2 is 1.87 bits per heavy atom. The number of nitrogens with two attached hydrogens (primary N) is 1. The van der Waals surface area contributed by atoms with E-state index in [4.69, 9.17) is 10.5 Å². The molecule has 11 nitrogen and oxygen atoms in total. The Morgan fingerprint density at radius 1 is 1.16 bits per heavy atom. The van der Waals surface area contributed by atoms with Gasteiger partial charge in [-0.1, -0.05) is 30.3 Å². The van der Waals surface area contributed by atoms with Crippen LogP contribution in [-0.2, 0) is 16.1 Å². The molecular formula is C20H20N6O5. The van der Waals surface area contributed by atoms with Crippen LogP contribution in [-0.4, -0.2) is 45.1 Å². The number of hydrogen-bond donors (Lipinski definition) is 2. The van der Waals surface area contributed by atoms with E-state index in [0.717, 1.165) is 15.0 Å². The number of nitrogens with one attached hydrogen (secondary N) is 1. The summed E-state index contributed by atoms with van der Waals surface area (Å²) < 4.78 is 6.09. The van der Waals surface area contributed by atoms with E-state index in [9.17, 15) is 19.2 Å². The largest absolute Gasteiger partial charge is 0.451 e. The first-order valence-corrected chi connectivity index (χ1v) is 9.16. The van der Waals surface area contributed by atoms with Gasteiger partial charge >= 0.3 is 11.7 Å². The highest BCUT2D eigenvalue weighted by Gasteiger charge is 2.22. The first-order chi connectivity index (χ1) is 14.8. The number of aromatic amines is 1. The van der Waals surface area contributed by atoms with Crippen LogP contribution in [0.5, 0.6) is 0 Å². The molecule has 0 saturated carbocycles. The summed E-state index contributed by atoms with van der Waals surface area (Å²) in [6.07, 6.45) is 2.62. The van der Waals surface area contributed by atoms with Crippen molar-refractivity contribution in [3.63, 3.8) is 0 Å². The number of ether oxygens (including phenoxy) is 1. The smallest absolute Gasteiger partial charge is 0.359 e. The Balaban J connectivity index is 1.79. The number of esters is 1. The molecular weight excluding hydrogens is 404 g/mol. The summed E-state index contributed by atoms with van der Waals surface area (Å²) in [4.78, 5) is 60.0. The Morgan fingerprint density at radius 3 is 2.52 bits per heavy atom. The van der Waals surface area contributed by atoms with Gasteiger partial charge in [-0.05, 0) is 12.5 Å². The van der Waals surface area contributed by atoms with Gasteiger partial charge in [0.15, 0.2) is 18.0 Å². The summed E-state index contributed by atoms with van der Waals surface area (Å²) in [6, 6.07) is 9.00. The first-order valence-electron chi connectivity index (χ1n) is 9.16. The summed E-state index contributed by atoms with van der Waals surface area (Å²) in [5, 5.41) is 0. The van der Waals surface area contributed by atoms with Gasteiger partial charge in [0.25, 0.3) is 11.5 Å². The van der Waals surface area contributed by atoms with Crippen molar-refractivity contribution in [1.29, 1.82) is 0 Å². The van der Waals surface area contributed by atoms with Crippen LogP contribution in [0.15, 0.2) is 52.3 Å². The quantitative estimate of drug-likeness (QED) is 0.528. The van der Waals surface area contributed by atoms with Crippen LogP contribution in [0.1, 0.15) is 21.7 Å². The maximum atomic E-state index is 12.5. The second-order valence-corrected chi connectivity index (χ2v) is 6.64. The van der Waals surface area contributed by atoms with Crippen molar-refractivity contribution < 1.29 is 14.3 Å². The predicted molar refractivity (Wildman–Crippen MR) is 112 cm³/mol. The van der Waals surface area contributed by atoms with Crippen molar-refractivity contribution >= 4 is 23.4 Å². The van der Waals surface area contributed by atoms with Gasteiger partial charge in [0.1, 0.15) is 5.82 Å². The number of carbonyl (C=O) groups is 2. The van der Waals surface area contributed by atoms with Gasteiger partial charge < -0.3 is 15.4 Å². The predicted octanol–water partition coefficient (Wildman–Crippen LogP) is 0.0853. The topological polar surface area (TPSA) is 153 Å². The molecule has 0 aliphatic heterocycles. The molecule has 1 aromatic carbocycles. The molecule has 0 radical (unpaired) electrons. The second-order valence-electron chi connectivity index (χ2n) is 6.64. The lowest BCUT2D eigenvalue weighted by molar-refractivity contribution is -0.121. The average Bonchev–Trinajstić information content (AvgIpc) is 2.75. The number of aryl methyl sites for hydroxylation is 1. The van der Waals surface area contributed by atoms with Crippen molar-refractivity contribution in [3.05, 3.63) is 80.5 Å². The SMILES string of the molecule is Cc1cnc(C(=O)OCC(=O)N(C)c2c(N)n(Cc3ccccc3)c(=O)[nH]c2=O)cn1. The number of rotatable bonds is 6. The van der Waals surface area contributed by atoms with Crippen molar-refractivity contribution in [2.24, 2.45) is 0 Å². The number of anilines is 2. The molecule has 0 fully saturated rings. The summed E-state index contributed by atoms with van der Waals surface area (Å²) in [6.45, 7) is 1.14. The van der Waals surface area contributed by atoms with Gasteiger partial charge in [-0.3, -0.25) is 24.1 Å². The summed E-state index contributed by atoms with van der Waals surface area (Å²) in [5.41, 5.74) is 5.62. The average molecular weight is 424 g/mol. The zero-order chi connectivity index (χ0) is 22.5. The van der Waals surface area contributed by atoms with Crippen molar-refractivity contribution in [3.8, 4) is 0 Å². The van der Waals surface area contributed by atoms with E-state index < -0.39 is 29.7 Å². The lowest BCUT2D eigenvalue weighted by Gasteiger charge is -2.20. The van der Waals surface area contributed by atoms with Crippen molar-refractivity contribution in [2.45, 2.75) is 13.5 Å². The third-order valence-corrected chi connectivity index (χ3v) is 4.42. The molecule has 0 atom stereocenters. The van der Waals surface area contributed by atoms with Crippen LogP contribution >= 0.6 is 0 Å². The number of benzene rings is 1. The second kappa shape index (κ2) is 9.03. The van der Waals surface area contributed by atoms with E-state index in [-0.39, 0.29) is 23.7 Å². The van der Waals surface area contributed by atoms with Crippen LogP contribution < -0.4 is 21.9 Å². The molecule has 1 amide bonds. The van der Waals surface area contributed by atoms with Gasteiger partial charge in [0.2, 0.25) is 0 Å². The zero-order valence-electron chi connectivity index (χ0n) is 16.9. The maximum absolute atomic E-state index is 12.5. The Bertz CT molecular complexity index is 1220. The van der Waals surface area contributed by atoms with Gasteiger partial charge in [-0.25, -0.2) is 14.6 Å². The van der Waals surface area contributed by atoms with E-state index in [2.05, 4.69) is 15.0 Å². The molecule has 31 heavy (non-hydrogen) atoms. The third-order valence-electron chi connectivity index (χ3n) is 4.42. The molecule has 0 spiro atoms. The van der Waals surface area contributed by atoms with Crippen LogP contribution in [0.2, 0.25) is 0 Å². The Kier molecular flexibility index (Phi) is 6.24. The summed E-state index contributed by atoms with van der Waals surface area (Å²) >= 11 is 0. The fraction of sp³-hybridized carbons (Fsp3) is 0.200. The molecule has 2 heterocycles. The number of carbonyl (C=O) groups excluding carboxylic acids is 2.